The minimum absolute atomic E-state index is 0.182. The molecule has 0 radical (unpaired) electrons. The molecule has 0 amide bonds. The summed E-state index contributed by atoms with van der Waals surface area (Å²) < 4.78 is 41.4. The van der Waals surface area contributed by atoms with E-state index in [-0.39, 0.29) is 17.8 Å². The van der Waals surface area contributed by atoms with Gasteiger partial charge in [-0.3, -0.25) is 4.98 Å². The Balaban J connectivity index is 1.45. The molecule has 5 rings (SSSR count). The van der Waals surface area contributed by atoms with Crippen molar-refractivity contribution in [2.24, 2.45) is 0 Å². The quantitative estimate of drug-likeness (QED) is 0.258. The minimum atomic E-state index is -4.53. The lowest BCUT2D eigenvalue weighted by Crippen LogP contribution is -2.09. The maximum absolute atomic E-state index is 13.3. The molecular formula is C31H31F3N6. The van der Waals surface area contributed by atoms with Gasteiger partial charge in [-0.25, -0.2) is 9.97 Å². The van der Waals surface area contributed by atoms with Gasteiger partial charge in [0.15, 0.2) is 11.5 Å². The molecule has 3 heterocycles. The van der Waals surface area contributed by atoms with Crippen LogP contribution in [-0.4, -0.2) is 19.5 Å². The largest absolute Gasteiger partial charge is 0.434 e. The third-order valence-electron chi connectivity index (χ3n) is 7.31. The van der Waals surface area contributed by atoms with Gasteiger partial charge < -0.3 is 9.88 Å². The Morgan fingerprint density at radius 2 is 1.77 bits per heavy atom. The van der Waals surface area contributed by atoms with Gasteiger partial charge in [0.25, 0.3) is 0 Å². The van der Waals surface area contributed by atoms with E-state index >= 15 is 0 Å². The number of fused-ring (bicyclic) bond motifs is 1. The van der Waals surface area contributed by atoms with Crippen LogP contribution in [0.2, 0.25) is 0 Å². The lowest BCUT2D eigenvalue weighted by Gasteiger charge is -2.18. The Hall–Kier alpha value is -4.19. The molecule has 0 unspecified atom stereocenters. The van der Waals surface area contributed by atoms with E-state index in [1.807, 2.05) is 24.3 Å². The van der Waals surface area contributed by atoms with Crippen LogP contribution in [0.5, 0.6) is 0 Å². The molecule has 0 aliphatic heterocycles. The maximum atomic E-state index is 13.3. The van der Waals surface area contributed by atoms with Crippen LogP contribution in [0.4, 0.5) is 19.0 Å². The molecule has 0 saturated heterocycles. The Labute approximate surface area is 231 Å². The average molecular weight is 545 g/mol. The van der Waals surface area contributed by atoms with Gasteiger partial charge in [-0.1, -0.05) is 44.2 Å². The SMILES string of the molecule is CC(C)c1ccccc1-c1nc(NCc2ccc(-c3nc(C(F)(F)F)cn3C(C)C)nc2)c2c(c1C#N)CCC2. The van der Waals surface area contributed by atoms with Crippen LogP contribution in [-0.2, 0) is 25.6 Å². The number of nitrogens with zero attached hydrogens (tertiary/aromatic N) is 5. The number of pyridine rings is 2. The van der Waals surface area contributed by atoms with Gasteiger partial charge in [0.05, 0.1) is 11.3 Å². The minimum Gasteiger partial charge on any atom is -0.366 e. The van der Waals surface area contributed by atoms with Crippen molar-refractivity contribution in [2.75, 3.05) is 5.32 Å². The first-order chi connectivity index (χ1) is 19.1. The highest BCUT2D eigenvalue weighted by Crippen LogP contribution is 2.38. The molecule has 1 aromatic carbocycles. The lowest BCUT2D eigenvalue weighted by atomic mass is 9.91. The highest BCUT2D eigenvalue weighted by molar-refractivity contribution is 5.76. The topological polar surface area (TPSA) is 79.4 Å². The van der Waals surface area contributed by atoms with E-state index in [9.17, 15) is 18.4 Å². The fraction of sp³-hybridized carbons (Fsp3) is 0.355. The molecule has 6 nitrogen and oxygen atoms in total. The third-order valence-corrected chi connectivity index (χ3v) is 7.31. The van der Waals surface area contributed by atoms with Crippen molar-refractivity contribution in [2.45, 2.75) is 71.6 Å². The van der Waals surface area contributed by atoms with Crippen LogP contribution in [0.3, 0.4) is 0 Å². The number of anilines is 1. The molecule has 40 heavy (non-hydrogen) atoms. The molecule has 9 heteroatoms. The summed E-state index contributed by atoms with van der Waals surface area (Å²) in [6.45, 7) is 8.30. The number of alkyl halides is 3. The van der Waals surface area contributed by atoms with Crippen molar-refractivity contribution in [3.8, 4) is 28.8 Å². The number of hydrogen-bond acceptors (Lipinski definition) is 5. The molecule has 0 fully saturated rings. The molecule has 0 spiro atoms. The number of benzene rings is 1. The van der Waals surface area contributed by atoms with Crippen LogP contribution < -0.4 is 5.32 Å². The van der Waals surface area contributed by atoms with E-state index in [1.54, 1.807) is 26.1 Å². The smallest absolute Gasteiger partial charge is 0.366 e. The van der Waals surface area contributed by atoms with Crippen molar-refractivity contribution >= 4 is 5.82 Å². The number of aromatic nitrogens is 4. The summed E-state index contributed by atoms with van der Waals surface area (Å²) in [6.07, 6.45) is 0.806. The first kappa shape index (κ1) is 27.4. The predicted octanol–water partition coefficient (Wildman–Crippen LogP) is 7.70. The highest BCUT2D eigenvalue weighted by atomic mass is 19.4. The van der Waals surface area contributed by atoms with E-state index in [4.69, 9.17) is 4.98 Å². The zero-order chi connectivity index (χ0) is 28.6. The van der Waals surface area contributed by atoms with Crippen LogP contribution in [0.25, 0.3) is 22.8 Å². The summed E-state index contributed by atoms with van der Waals surface area (Å²) in [5.74, 6) is 1.22. The van der Waals surface area contributed by atoms with E-state index < -0.39 is 11.9 Å². The van der Waals surface area contributed by atoms with E-state index in [0.29, 0.717) is 23.5 Å². The fourth-order valence-corrected chi connectivity index (χ4v) is 5.30. The summed E-state index contributed by atoms with van der Waals surface area (Å²) in [5.41, 5.74) is 5.89. The third kappa shape index (κ3) is 5.18. The number of hydrogen-bond donors (Lipinski definition) is 1. The molecule has 206 valence electrons. The van der Waals surface area contributed by atoms with Crippen LogP contribution in [0, 0.1) is 11.3 Å². The zero-order valence-electron chi connectivity index (χ0n) is 23.0. The van der Waals surface area contributed by atoms with Crippen molar-refractivity contribution in [3.63, 3.8) is 0 Å². The van der Waals surface area contributed by atoms with Gasteiger partial charge in [0.2, 0.25) is 0 Å². The second-order valence-corrected chi connectivity index (χ2v) is 10.7. The van der Waals surface area contributed by atoms with Crippen molar-refractivity contribution in [3.05, 3.63) is 82.3 Å². The molecule has 4 aromatic rings. The van der Waals surface area contributed by atoms with Gasteiger partial charge in [-0.2, -0.15) is 18.4 Å². The number of imidazole rings is 1. The molecule has 1 aliphatic carbocycles. The number of halogens is 3. The second-order valence-electron chi connectivity index (χ2n) is 10.7. The molecule has 0 atom stereocenters. The van der Waals surface area contributed by atoms with E-state index in [1.165, 1.54) is 4.57 Å². The maximum Gasteiger partial charge on any atom is 0.434 e. The monoisotopic (exact) mass is 544 g/mol. The Morgan fingerprint density at radius 3 is 2.42 bits per heavy atom. The first-order valence-electron chi connectivity index (χ1n) is 13.5. The Morgan fingerprint density at radius 1 is 1.02 bits per heavy atom. The standard InChI is InChI=1S/C31H31F3N6/c1-18(2)21-8-5-6-9-23(21)28-25(14-35)22-10-7-11-24(22)29(39-28)37-16-20-12-13-26(36-15-20)30-38-27(31(32,33)34)17-40(30)19(3)4/h5-6,8-9,12-13,15,17-19H,7,10-11,16H2,1-4H3,(H,37,39). The van der Waals surface area contributed by atoms with Crippen molar-refractivity contribution in [1.82, 2.24) is 19.5 Å². The summed E-state index contributed by atoms with van der Waals surface area (Å²) in [5, 5.41) is 13.6. The van der Waals surface area contributed by atoms with E-state index in [2.05, 4.69) is 41.3 Å². The van der Waals surface area contributed by atoms with Crippen molar-refractivity contribution in [1.29, 1.82) is 5.26 Å². The van der Waals surface area contributed by atoms with Gasteiger partial charge in [0.1, 0.15) is 17.6 Å². The molecule has 3 aromatic heterocycles. The molecule has 0 saturated carbocycles. The number of rotatable bonds is 7. The highest BCUT2D eigenvalue weighted by Gasteiger charge is 2.35. The summed E-state index contributed by atoms with van der Waals surface area (Å²) >= 11 is 0. The predicted molar refractivity (Wildman–Crippen MR) is 149 cm³/mol. The second kappa shape index (κ2) is 10.8. The summed E-state index contributed by atoms with van der Waals surface area (Å²) in [4.78, 5) is 13.3. The lowest BCUT2D eigenvalue weighted by molar-refractivity contribution is -0.140. The van der Waals surface area contributed by atoms with Gasteiger partial charge in [0, 0.05) is 30.5 Å². The molecule has 1 N–H and O–H groups in total. The Kier molecular flexibility index (Phi) is 7.37. The summed E-state index contributed by atoms with van der Waals surface area (Å²) in [7, 11) is 0. The number of nitriles is 1. The molecule has 1 aliphatic rings. The van der Waals surface area contributed by atoms with Crippen molar-refractivity contribution < 1.29 is 13.2 Å². The summed E-state index contributed by atoms with van der Waals surface area (Å²) in [6, 6.07) is 13.8. The Bertz CT molecular complexity index is 1580. The van der Waals surface area contributed by atoms with E-state index in [0.717, 1.165) is 59.1 Å². The number of nitrogens with one attached hydrogen (secondary N) is 1. The molecular weight excluding hydrogens is 513 g/mol. The van der Waals surface area contributed by atoms with Crippen LogP contribution in [0.15, 0.2) is 48.8 Å². The first-order valence-corrected chi connectivity index (χ1v) is 13.5. The van der Waals surface area contributed by atoms with Gasteiger partial charge in [-0.15, -0.1) is 0 Å². The van der Waals surface area contributed by atoms with Gasteiger partial charge >= 0.3 is 6.18 Å². The molecule has 0 bridgehead atoms. The normalized spacial score (nSPS) is 13.1. The van der Waals surface area contributed by atoms with Crippen LogP contribution >= 0.6 is 0 Å². The zero-order valence-corrected chi connectivity index (χ0v) is 23.0. The van der Waals surface area contributed by atoms with Crippen LogP contribution in [0.1, 0.15) is 79.6 Å². The average Bonchev–Trinajstić information content (AvgIpc) is 3.60. The van der Waals surface area contributed by atoms with Gasteiger partial charge in [-0.05, 0) is 67.3 Å². The fourth-order valence-electron chi connectivity index (χ4n) is 5.30.